The van der Waals surface area contributed by atoms with E-state index in [1.807, 2.05) is 17.9 Å². The second kappa shape index (κ2) is 8.36. The van der Waals surface area contributed by atoms with Gasteiger partial charge in [0.2, 0.25) is 5.91 Å². The number of rotatable bonds is 6. The molecule has 19 heavy (non-hydrogen) atoms. The molecule has 0 unspecified atom stereocenters. The minimum Gasteiger partial charge on any atom is -0.378 e. The lowest BCUT2D eigenvalue weighted by atomic mass is 10.0. The predicted molar refractivity (Wildman–Crippen MR) is 79.1 cm³/mol. The molecule has 0 aromatic rings. The lowest BCUT2D eigenvalue weighted by Gasteiger charge is -2.28. The lowest BCUT2D eigenvalue weighted by molar-refractivity contribution is -0.128. The molecule has 1 rings (SSSR count). The van der Waals surface area contributed by atoms with Gasteiger partial charge in [0.15, 0.2) is 0 Å². The van der Waals surface area contributed by atoms with Gasteiger partial charge >= 0.3 is 0 Å². The summed E-state index contributed by atoms with van der Waals surface area (Å²) in [7, 11) is 0. The predicted octanol–water partition coefficient (Wildman–Crippen LogP) is 3.40. The van der Waals surface area contributed by atoms with Crippen LogP contribution in [-0.4, -0.2) is 36.6 Å². The van der Waals surface area contributed by atoms with E-state index >= 15 is 0 Å². The van der Waals surface area contributed by atoms with Crippen LogP contribution in [0, 0.1) is 5.92 Å². The summed E-state index contributed by atoms with van der Waals surface area (Å²) in [5.41, 5.74) is 0.901. The summed E-state index contributed by atoms with van der Waals surface area (Å²) in [5.74, 6) is 0.747. The molecule has 1 saturated heterocycles. The quantitative estimate of drug-likeness (QED) is 0.690. The highest BCUT2D eigenvalue weighted by molar-refractivity contribution is 5.93. The number of ether oxygens (including phenoxy) is 1. The fourth-order valence-electron chi connectivity index (χ4n) is 2.35. The number of carbonyl (C=O) groups is 1. The minimum absolute atomic E-state index is 0.113. The van der Waals surface area contributed by atoms with Crippen LogP contribution in [0.5, 0.6) is 0 Å². The number of hydrogen-bond acceptors (Lipinski definition) is 2. The zero-order valence-corrected chi connectivity index (χ0v) is 12.9. The van der Waals surface area contributed by atoms with Crippen LogP contribution in [0.3, 0.4) is 0 Å². The van der Waals surface area contributed by atoms with Crippen LogP contribution < -0.4 is 0 Å². The molecule has 0 radical (unpaired) electrons. The molecule has 3 nitrogen and oxygen atoms in total. The van der Waals surface area contributed by atoms with Crippen LogP contribution in [-0.2, 0) is 9.53 Å². The summed E-state index contributed by atoms with van der Waals surface area (Å²) < 4.78 is 5.76. The third-order valence-corrected chi connectivity index (χ3v) is 3.49. The van der Waals surface area contributed by atoms with Crippen LogP contribution >= 0.6 is 0 Å². The zero-order chi connectivity index (χ0) is 14.3. The van der Waals surface area contributed by atoms with Crippen LogP contribution in [0.1, 0.15) is 53.4 Å². The summed E-state index contributed by atoms with van der Waals surface area (Å²) in [4.78, 5) is 14.4. The molecule has 0 bridgehead atoms. The highest BCUT2D eigenvalue weighted by Crippen LogP contribution is 2.16. The van der Waals surface area contributed by atoms with Crippen LogP contribution in [0.15, 0.2) is 11.6 Å². The molecular weight excluding hydrogens is 238 g/mol. The van der Waals surface area contributed by atoms with Gasteiger partial charge in [0.05, 0.1) is 6.10 Å². The Hall–Kier alpha value is -0.830. The van der Waals surface area contributed by atoms with E-state index in [0.29, 0.717) is 5.92 Å². The Morgan fingerprint density at radius 3 is 2.37 bits per heavy atom. The van der Waals surface area contributed by atoms with Crippen molar-refractivity contribution in [1.29, 1.82) is 0 Å². The van der Waals surface area contributed by atoms with Gasteiger partial charge in [-0.05, 0) is 39.0 Å². The molecule has 1 atom stereocenters. The number of amides is 1. The van der Waals surface area contributed by atoms with Crippen molar-refractivity contribution in [2.45, 2.75) is 59.5 Å². The van der Waals surface area contributed by atoms with E-state index in [1.54, 1.807) is 0 Å². The molecule has 1 aliphatic rings. The minimum atomic E-state index is 0.113. The average Bonchev–Trinajstić information content (AvgIpc) is 2.42. The SMILES string of the molecule is C/C=C(\C[C@H](C)OCC(C)C)C(=O)N1CCCCC1. The Balaban J connectivity index is 2.45. The summed E-state index contributed by atoms with van der Waals surface area (Å²) in [6.07, 6.45) is 6.32. The van der Waals surface area contributed by atoms with Gasteiger partial charge in [-0.1, -0.05) is 19.9 Å². The van der Waals surface area contributed by atoms with Gasteiger partial charge in [-0.3, -0.25) is 4.79 Å². The zero-order valence-electron chi connectivity index (χ0n) is 12.9. The van der Waals surface area contributed by atoms with E-state index in [9.17, 15) is 4.79 Å². The molecule has 3 heteroatoms. The smallest absolute Gasteiger partial charge is 0.249 e. The molecule has 110 valence electrons. The van der Waals surface area contributed by atoms with Crippen LogP contribution in [0.2, 0.25) is 0 Å². The van der Waals surface area contributed by atoms with Crippen molar-refractivity contribution in [3.8, 4) is 0 Å². The van der Waals surface area contributed by atoms with Gasteiger partial charge in [0, 0.05) is 31.7 Å². The van der Waals surface area contributed by atoms with Crippen molar-refractivity contribution in [1.82, 2.24) is 4.90 Å². The first-order chi connectivity index (χ1) is 9.04. The number of carbonyl (C=O) groups excluding carboxylic acids is 1. The average molecular weight is 267 g/mol. The Bertz CT molecular complexity index is 304. The highest BCUT2D eigenvalue weighted by Gasteiger charge is 2.21. The lowest BCUT2D eigenvalue weighted by Crippen LogP contribution is -2.37. The Morgan fingerprint density at radius 2 is 1.84 bits per heavy atom. The van der Waals surface area contributed by atoms with Crippen LogP contribution in [0.4, 0.5) is 0 Å². The summed E-state index contributed by atoms with van der Waals surface area (Å²) in [5, 5.41) is 0. The van der Waals surface area contributed by atoms with Crippen molar-refractivity contribution in [2.75, 3.05) is 19.7 Å². The molecule has 0 aliphatic carbocycles. The normalized spacial score (nSPS) is 18.8. The van der Waals surface area contributed by atoms with E-state index in [-0.39, 0.29) is 12.0 Å². The Kier molecular flexibility index (Phi) is 7.14. The van der Waals surface area contributed by atoms with Gasteiger partial charge in [-0.2, -0.15) is 0 Å². The molecule has 0 saturated carbocycles. The van der Waals surface area contributed by atoms with Gasteiger partial charge in [-0.15, -0.1) is 0 Å². The van der Waals surface area contributed by atoms with Gasteiger partial charge in [0.25, 0.3) is 0 Å². The molecule has 1 amide bonds. The number of hydrogen-bond donors (Lipinski definition) is 0. The number of nitrogens with zero attached hydrogens (tertiary/aromatic N) is 1. The number of piperidine rings is 1. The third kappa shape index (κ3) is 5.77. The largest absolute Gasteiger partial charge is 0.378 e. The third-order valence-electron chi connectivity index (χ3n) is 3.49. The van der Waals surface area contributed by atoms with Crippen molar-refractivity contribution in [2.24, 2.45) is 5.92 Å². The van der Waals surface area contributed by atoms with Crippen LogP contribution in [0.25, 0.3) is 0 Å². The molecule has 0 spiro atoms. The Morgan fingerprint density at radius 1 is 1.21 bits per heavy atom. The highest BCUT2D eigenvalue weighted by atomic mass is 16.5. The molecule has 1 aliphatic heterocycles. The van der Waals surface area contributed by atoms with E-state index < -0.39 is 0 Å². The van der Waals surface area contributed by atoms with Gasteiger partial charge in [-0.25, -0.2) is 0 Å². The van der Waals surface area contributed by atoms with E-state index in [0.717, 1.165) is 44.5 Å². The van der Waals surface area contributed by atoms with Crippen molar-refractivity contribution >= 4 is 5.91 Å². The van der Waals surface area contributed by atoms with Crippen molar-refractivity contribution in [3.63, 3.8) is 0 Å². The fraction of sp³-hybridized carbons (Fsp3) is 0.812. The van der Waals surface area contributed by atoms with Gasteiger partial charge in [0.1, 0.15) is 0 Å². The first kappa shape index (κ1) is 16.2. The van der Waals surface area contributed by atoms with Crippen molar-refractivity contribution in [3.05, 3.63) is 11.6 Å². The standard InChI is InChI=1S/C16H29NO2/c1-5-15(11-14(4)19-12-13(2)3)16(18)17-9-7-6-8-10-17/h5,13-14H,6-12H2,1-4H3/b15-5+/t14-/m0/s1. The van der Waals surface area contributed by atoms with Gasteiger partial charge < -0.3 is 9.64 Å². The maximum Gasteiger partial charge on any atom is 0.249 e. The molecule has 1 heterocycles. The maximum atomic E-state index is 12.4. The topological polar surface area (TPSA) is 29.5 Å². The number of likely N-dealkylation sites (tertiary alicyclic amines) is 1. The molecule has 0 aromatic carbocycles. The first-order valence-electron chi connectivity index (χ1n) is 7.60. The summed E-state index contributed by atoms with van der Waals surface area (Å²) >= 11 is 0. The monoisotopic (exact) mass is 267 g/mol. The van der Waals surface area contributed by atoms with Crippen molar-refractivity contribution < 1.29 is 9.53 Å². The maximum absolute atomic E-state index is 12.4. The second-order valence-corrected chi connectivity index (χ2v) is 5.91. The molecule has 0 N–H and O–H groups in total. The molecular formula is C16H29NO2. The summed E-state index contributed by atoms with van der Waals surface area (Å²) in [6, 6.07) is 0. The molecule has 0 aromatic heterocycles. The van der Waals surface area contributed by atoms with E-state index in [1.165, 1.54) is 6.42 Å². The number of allylic oxidation sites excluding steroid dienone is 1. The summed E-state index contributed by atoms with van der Waals surface area (Å²) in [6.45, 7) is 10.9. The first-order valence-corrected chi connectivity index (χ1v) is 7.60. The second-order valence-electron chi connectivity index (χ2n) is 5.91. The van der Waals surface area contributed by atoms with E-state index in [4.69, 9.17) is 4.74 Å². The van der Waals surface area contributed by atoms with E-state index in [2.05, 4.69) is 20.8 Å². The molecule has 1 fully saturated rings. The fourth-order valence-corrected chi connectivity index (χ4v) is 2.35. The Labute approximate surface area is 118 Å².